The second kappa shape index (κ2) is 7.33. The highest BCUT2D eigenvalue weighted by Crippen LogP contribution is 2.47. The number of methoxy groups -OCH3 is 1. The lowest BCUT2D eigenvalue weighted by molar-refractivity contribution is -0.160. The van der Waals surface area contributed by atoms with Crippen LogP contribution >= 0.6 is 23.2 Å². The van der Waals surface area contributed by atoms with Crippen molar-refractivity contribution in [1.29, 1.82) is 0 Å². The van der Waals surface area contributed by atoms with Gasteiger partial charge in [-0.15, -0.1) is 0 Å². The molecular formula is C23H20Cl2N2O3. The molecule has 0 saturated carbocycles. The smallest absolute Gasteiger partial charge is 0.318 e. The molecule has 2 aliphatic heterocycles. The number of aromatic amines is 1. The van der Waals surface area contributed by atoms with Gasteiger partial charge in [0.25, 0.3) is 0 Å². The summed E-state index contributed by atoms with van der Waals surface area (Å²) in [4.78, 5) is 31.5. The molecule has 1 amide bonds. The maximum absolute atomic E-state index is 13.5. The molecule has 7 heteroatoms. The number of halogens is 2. The third kappa shape index (κ3) is 2.91. The quantitative estimate of drug-likeness (QED) is 0.454. The van der Waals surface area contributed by atoms with Gasteiger partial charge in [0.15, 0.2) is 0 Å². The largest absolute Gasteiger partial charge is 0.468 e. The average Bonchev–Trinajstić information content (AvgIpc) is 3.14. The molecule has 3 heterocycles. The maximum atomic E-state index is 13.5. The van der Waals surface area contributed by atoms with E-state index in [1.165, 1.54) is 18.1 Å². The topological polar surface area (TPSA) is 62.4 Å². The van der Waals surface area contributed by atoms with Crippen LogP contribution in [0.1, 0.15) is 35.2 Å². The van der Waals surface area contributed by atoms with E-state index in [1.807, 2.05) is 23.1 Å². The first-order valence-corrected chi connectivity index (χ1v) is 10.7. The van der Waals surface area contributed by atoms with E-state index in [1.54, 1.807) is 12.1 Å². The third-order valence-electron chi connectivity index (χ3n) is 6.41. The van der Waals surface area contributed by atoms with E-state index < -0.39 is 11.9 Å². The van der Waals surface area contributed by atoms with Crippen LogP contribution in [-0.4, -0.2) is 35.4 Å². The summed E-state index contributed by atoms with van der Waals surface area (Å²) in [6, 6.07) is 13.4. The number of rotatable bonds is 2. The Morgan fingerprint density at radius 1 is 1.17 bits per heavy atom. The Morgan fingerprint density at radius 3 is 2.73 bits per heavy atom. The van der Waals surface area contributed by atoms with Crippen molar-refractivity contribution in [2.75, 3.05) is 13.7 Å². The number of carbonyl (C=O) groups is 2. The van der Waals surface area contributed by atoms with Gasteiger partial charge in [0.05, 0.1) is 23.2 Å². The fraction of sp³-hybridized carbons (Fsp3) is 0.304. The molecule has 0 unspecified atom stereocenters. The van der Waals surface area contributed by atoms with Crippen LogP contribution < -0.4 is 0 Å². The Bertz CT molecular complexity index is 1170. The SMILES string of the molecule is COC(=O)[C@@H]1C(=O)N2CCc3c([nH]c4ccccc34)[C@@H]2C[C@H]1c1ccc(Cl)c(Cl)c1. The highest BCUT2D eigenvalue weighted by atomic mass is 35.5. The predicted octanol–water partition coefficient (Wildman–Crippen LogP) is 4.88. The van der Waals surface area contributed by atoms with Crippen LogP contribution in [0.25, 0.3) is 10.9 Å². The number of esters is 1. The monoisotopic (exact) mass is 442 g/mol. The van der Waals surface area contributed by atoms with E-state index in [0.717, 1.165) is 23.2 Å². The minimum Gasteiger partial charge on any atom is -0.468 e. The zero-order valence-electron chi connectivity index (χ0n) is 16.3. The molecule has 3 atom stereocenters. The Hall–Kier alpha value is -2.50. The number of carbonyl (C=O) groups excluding carboxylic acids is 2. The Labute approximate surface area is 183 Å². The first-order chi connectivity index (χ1) is 14.5. The van der Waals surface area contributed by atoms with Gasteiger partial charge >= 0.3 is 5.97 Å². The van der Waals surface area contributed by atoms with Crippen LogP contribution in [-0.2, 0) is 20.7 Å². The number of piperidine rings is 1. The number of fused-ring (bicyclic) bond motifs is 5. The lowest BCUT2D eigenvalue weighted by Crippen LogP contribution is -2.52. The van der Waals surface area contributed by atoms with Gasteiger partial charge < -0.3 is 14.6 Å². The Balaban J connectivity index is 1.62. The fourth-order valence-electron chi connectivity index (χ4n) is 5.02. The van der Waals surface area contributed by atoms with Crippen LogP contribution in [0.4, 0.5) is 0 Å². The van der Waals surface area contributed by atoms with Crippen molar-refractivity contribution in [3.63, 3.8) is 0 Å². The van der Waals surface area contributed by atoms with E-state index in [4.69, 9.17) is 27.9 Å². The van der Waals surface area contributed by atoms with E-state index in [-0.39, 0.29) is 17.9 Å². The van der Waals surface area contributed by atoms with Crippen molar-refractivity contribution in [2.24, 2.45) is 5.92 Å². The number of hydrogen-bond acceptors (Lipinski definition) is 3. The minimum absolute atomic E-state index is 0.131. The Kier molecular flexibility index (Phi) is 4.75. The van der Waals surface area contributed by atoms with Gasteiger partial charge in [-0.2, -0.15) is 0 Å². The van der Waals surface area contributed by atoms with Crippen molar-refractivity contribution in [3.05, 3.63) is 69.3 Å². The van der Waals surface area contributed by atoms with Gasteiger partial charge in [-0.25, -0.2) is 0 Å². The molecule has 5 nitrogen and oxygen atoms in total. The zero-order valence-corrected chi connectivity index (χ0v) is 17.8. The van der Waals surface area contributed by atoms with Gasteiger partial charge in [0.2, 0.25) is 5.91 Å². The summed E-state index contributed by atoms with van der Waals surface area (Å²) in [5, 5.41) is 2.04. The molecule has 1 N–H and O–H groups in total. The third-order valence-corrected chi connectivity index (χ3v) is 7.15. The van der Waals surface area contributed by atoms with Gasteiger partial charge in [-0.3, -0.25) is 9.59 Å². The van der Waals surface area contributed by atoms with Crippen molar-refractivity contribution in [3.8, 4) is 0 Å². The Morgan fingerprint density at radius 2 is 1.97 bits per heavy atom. The lowest BCUT2D eigenvalue weighted by atomic mass is 9.74. The highest BCUT2D eigenvalue weighted by Gasteiger charge is 2.49. The number of hydrogen-bond donors (Lipinski definition) is 1. The van der Waals surface area contributed by atoms with Gasteiger partial charge in [0.1, 0.15) is 5.92 Å². The second-order valence-electron chi connectivity index (χ2n) is 7.88. The number of aromatic nitrogens is 1. The molecule has 154 valence electrons. The van der Waals surface area contributed by atoms with Gasteiger partial charge in [-0.1, -0.05) is 47.5 Å². The number of nitrogens with one attached hydrogen (secondary N) is 1. The predicted molar refractivity (Wildman–Crippen MR) is 116 cm³/mol. The molecule has 2 aliphatic rings. The van der Waals surface area contributed by atoms with Crippen molar-refractivity contribution < 1.29 is 14.3 Å². The zero-order chi connectivity index (χ0) is 21.0. The molecule has 2 aromatic carbocycles. The van der Waals surface area contributed by atoms with Crippen LogP contribution in [0.3, 0.4) is 0 Å². The number of benzene rings is 2. The summed E-state index contributed by atoms with van der Waals surface area (Å²) >= 11 is 12.3. The van der Waals surface area contributed by atoms with E-state index in [0.29, 0.717) is 23.0 Å². The number of H-pyrrole nitrogens is 1. The molecule has 1 saturated heterocycles. The molecule has 5 rings (SSSR count). The molecule has 3 aromatic rings. The highest BCUT2D eigenvalue weighted by molar-refractivity contribution is 6.42. The molecule has 1 fully saturated rings. The van der Waals surface area contributed by atoms with Gasteiger partial charge in [0, 0.05) is 29.1 Å². The first-order valence-electron chi connectivity index (χ1n) is 9.92. The molecule has 1 aromatic heterocycles. The summed E-state index contributed by atoms with van der Waals surface area (Å²) in [6.45, 7) is 0.583. The van der Waals surface area contributed by atoms with E-state index >= 15 is 0 Å². The van der Waals surface area contributed by atoms with Crippen LogP contribution in [0.2, 0.25) is 10.0 Å². The number of amides is 1. The van der Waals surface area contributed by atoms with E-state index in [9.17, 15) is 9.59 Å². The normalized spacial score (nSPS) is 23.2. The molecule has 0 spiro atoms. The summed E-state index contributed by atoms with van der Waals surface area (Å²) in [7, 11) is 1.32. The second-order valence-corrected chi connectivity index (χ2v) is 8.69. The van der Waals surface area contributed by atoms with Crippen molar-refractivity contribution in [1.82, 2.24) is 9.88 Å². The number of nitrogens with zero attached hydrogens (tertiary/aromatic N) is 1. The molecule has 0 radical (unpaired) electrons. The number of ether oxygens (including phenoxy) is 1. The van der Waals surface area contributed by atoms with E-state index in [2.05, 4.69) is 17.1 Å². The average molecular weight is 443 g/mol. The van der Waals surface area contributed by atoms with Crippen LogP contribution in [0.15, 0.2) is 42.5 Å². The summed E-state index contributed by atoms with van der Waals surface area (Å²) in [6.07, 6.45) is 1.36. The van der Waals surface area contributed by atoms with Crippen molar-refractivity contribution in [2.45, 2.75) is 24.8 Å². The number of para-hydroxylation sites is 1. The molecule has 0 aliphatic carbocycles. The fourth-order valence-corrected chi connectivity index (χ4v) is 5.32. The molecular weight excluding hydrogens is 423 g/mol. The van der Waals surface area contributed by atoms with Gasteiger partial charge in [-0.05, 0) is 42.2 Å². The summed E-state index contributed by atoms with van der Waals surface area (Å²) < 4.78 is 5.01. The van der Waals surface area contributed by atoms with Crippen LogP contribution in [0.5, 0.6) is 0 Å². The van der Waals surface area contributed by atoms with Crippen LogP contribution in [0, 0.1) is 5.92 Å². The molecule has 30 heavy (non-hydrogen) atoms. The maximum Gasteiger partial charge on any atom is 0.318 e. The summed E-state index contributed by atoms with van der Waals surface area (Å²) in [5.41, 5.74) is 4.20. The summed E-state index contributed by atoms with van der Waals surface area (Å²) in [5.74, 6) is -1.96. The lowest BCUT2D eigenvalue weighted by Gasteiger charge is -2.45. The minimum atomic E-state index is -0.894. The first kappa shape index (κ1) is 19.5. The molecule has 0 bridgehead atoms. The standard InChI is InChI=1S/C23H20Cl2N2O3/c1-30-23(29)20-15(12-6-7-16(24)17(25)10-12)11-19-21-14(8-9-27(19)22(20)28)13-4-2-3-5-18(13)26-21/h2-7,10,15,19-20,26H,8-9,11H2,1H3/t15-,19-,20-/m0/s1. The van der Waals surface area contributed by atoms with Crippen molar-refractivity contribution >= 4 is 46.0 Å².